The van der Waals surface area contributed by atoms with Crippen molar-refractivity contribution in [2.24, 2.45) is 0 Å². The van der Waals surface area contributed by atoms with Crippen LogP contribution in [0.25, 0.3) is 0 Å². The Hall–Kier alpha value is -0.830. The van der Waals surface area contributed by atoms with Crippen molar-refractivity contribution in [3.63, 3.8) is 0 Å². The zero-order chi connectivity index (χ0) is 12.8. The molecule has 2 nitrogen and oxygen atoms in total. The largest absolute Gasteiger partial charge is 0.486 e. The molecular formula is C14H19BrO2. The van der Waals surface area contributed by atoms with E-state index in [0.717, 1.165) is 22.2 Å². The second kappa shape index (κ2) is 6.80. The van der Waals surface area contributed by atoms with E-state index in [-0.39, 0.29) is 12.4 Å². The van der Waals surface area contributed by atoms with Gasteiger partial charge in [-0.3, -0.25) is 4.79 Å². The molecule has 1 aromatic carbocycles. The molecule has 0 saturated heterocycles. The lowest BCUT2D eigenvalue weighted by atomic mass is 10.0. The van der Waals surface area contributed by atoms with Crippen LogP contribution in [0.1, 0.15) is 45.1 Å². The second-order valence-electron chi connectivity index (χ2n) is 4.41. The molecular weight excluding hydrogens is 280 g/mol. The normalized spacial score (nSPS) is 10.6. The number of hydrogen-bond donors (Lipinski definition) is 0. The molecule has 0 radical (unpaired) electrons. The van der Waals surface area contributed by atoms with Crippen molar-refractivity contribution in [2.75, 3.05) is 6.61 Å². The summed E-state index contributed by atoms with van der Waals surface area (Å²) in [5, 5.41) is 0. The number of ketones is 1. The topological polar surface area (TPSA) is 26.3 Å². The summed E-state index contributed by atoms with van der Waals surface area (Å²) in [5.41, 5.74) is 1.13. The Bertz CT molecular complexity index is 386. The van der Waals surface area contributed by atoms with Gasteiger partial charge in [-0.2, -0.15) is 0 Å². The first kappa shape index (κ1) is 14.2. The molecule has 0 bridgehead atoms. The van der Waals surface area contributed by atoms with E-state index in [4.69, 9.17) is 4.74 Å². The fraction of sp³-hybridized carbons (Fsp3) is 0.500. The molecule has 0 aliphatic rings. The van der Waals surface area contributed by atoms with Gasteiger partial charge >= 0.3 is 0 Å². The summed E-state index contributed by atoms with van der Waals surface area (Å²) < 4.78 is 6.63. The van der Waals surface area contributed by atoms with Gasteiger partial charge in [0.15, 0.2) is 5.78 Å². The maximum absolute atomic E-state index is 11.4. The molecule has 94 valence electrons. The highest BCUT2D eigenvalue weighted by molar-refractivity contribution is 9.10. The lowest BCUT2D eigenvalue weighted by Crippen LogP contribution is -2.11. The van der Waals surface area contributed by atoms with E-state index in [1.54, 1.807) is 0 Å². The monoisotopic (exact) mass is 298 g/mol. The maximum Gasteiger partial charge on any atom is 0.170 e. The van der Waals surface area contributed by atoms with Gasteiger partial charge in [0.05, 0.1) is 0 Å². The summed E-state index contributed by atoms with van der Waals surface area (Å²) in [4.78, 5) is 11.4. The van der Waals surface area contributed by atoms with Gasteiger partial charge in [0.25, 0.3) is 0 Å². The number of benzene rings is 1. The molecule has 0 N–H and O–H groups in total. The number of halogens is 1. The highest BCUT2D eigenvalue weighted by Gasteiger charge is 2.10. The third kappa shape index (κ3) is 4.50. The van der Waals surface area contributed by atoms with Crippen LogP contribution in [0.3, 0.4) is 0 Å². The number of rotatable bonds is 6. The number of ether oxygens (including phenoxy) is 1. The van der Waals surface area contributed by atoms with Crippen LogP contribution in [0.4, 0.5) is 0 Å². The van der Waals surface area contributed by atoms with Crippen molar-refractivity contribution < 1.29 is 9.53 Å². The Morgan fingerprint density at radius 2 is 2.12 bits per heavy atom. The van der Waals surface area contributed by atoms with Crippen LogP contribution in [0.15, 0.2) is 22.7 Å². The molecule has 1 rings (SSSR count). The van der Waals surface area contributed by atoms with Gasteiger partial charge in [-0.05, 0) is 36.1 Å². The zero-order valence-corrected chi connectivity index (χ0v) is 12.2. The molecule has 0 fully saturated rings. The van der Waals surface area contributed by atoms with Crippen molar-refractivity contribution >= 4 is 21.7 Å². The predicted octanol–water partition coefficient (Wildman–Crippen LogP) is 4.32. The molecule has 1 aromatic rings. The minimum atomic E-state index is 0.158. The Morgan fingerprint density at radius 3 is 2.71 bits per heavy atom. The first-order valence-corrected chi connectivity index (χ1v) is 6.77. The van der Waals surface area contributed by atoms with Crippen LogP contribution in [-0.4, -0.2) is 12.4 Å². The second-order valence-corrected chi connectivity index (χ2v) is 5.33. The third-order valence-electron chi connectivity index (χ3n) is 2.51. The molecule has 0 saturated carbocycles. The van der Waals surface area contributed by atoms with Gasteiger partial charge in [-0.25, -0.2) is 0 Å². The average Bonchev–Trinajstić information content (AvgIpc) is 2.27. The van der Waals surface area contributed by atoms with Crippen molar-refractivity contribution in [1.82, 2.24) is 0 Å². The Labute approximate surface area is 111 Å². The van der Waals surface area contributed by atoms with E-state index in [1.165, 1.54) is 0 Å². The van der Waals surface area contributed by atoms with E-state index < -0.39 is 0 Å². The van der Waals surface area contributed by atoms with Crippen LogP contribution in [0.2, 0.25) is 0 Å². The minimum Gasteiger partial charge on any atom is -0.486 e. The fourth-order valence-electron chi connectivity index (χ4n) is 1.61. The summed E-state index contributed by atoms with van der Waals surface area (Å²) >= 11 is 3.45. The van der Waals surface area contributed by atoms with Crippen molar-refractivity contribution in [3.8, 4) is 5.75 Å². The van der Waals surface area contributed by atoms with E-state index in [2.05, 4.69) is 29.8 Å². The van der Waals surface area contributed by atoms with Gasteiger partial charge in [0, 0.05) is 10.9 Å². The number of carbonyl (C=O) groups is 1. The molecule has 0 aliphatic heterocycles. The molecule has 17 heavy (non-hydrogen) atoms. The van der Waals surface area contributed by atoms with Crippen LogP contribution >= 0.6 is 15.9 Å². The molecule has 0 atom stereocenters. The molecule has 0 unspecified atom stereocenters. The summed E-state index contributed by atoms with van der Waals surface area (Å²) in [5.74, 6) is 1.35. The number of hydrogen-bond acceptors (Lipinski definition) is 2. The maximum atomic E-state index is 11.4. The first-order chi connectivity index (χ1) is 8.04. The quantitative estimate of drug-likeness (QED) is 0.782. The SMILES string of the molecule is CCCC(=O)COc1ccc(Br)cc1C(C)C. The molecule has 0 amide bonds. The van der Waals surface area contributed by atoms with Crippen molar-refractivity contribution in [1.29, 1.82) is 0 Å². The lowest BCUT2D eigenvalue weighted by molar-refractivity contribution is -0.121. The van der Waals surface area contributed by atoms with Gasteiger partial charge in [0.2, 0.25) is 0 Å². The predicted molar refractivity (Wildman–Crippen MR) is 73.6 cm³/mol. The molecule has 0 aromatic heterocycles. The van der Waals surface area contributed by atoms with Crippen molar-refractivity contribution in [3.05, 3.63) is 28.2 Å². The molecule has 0 aliphatic carbocycles. The van der Waals surface area contributed by atoms with E-state index in [9.17, 15) is 4.79 Å². The molecule has 0 heterocycles. The van der Waals surface area contributed by atoms with Crippen molar-refractivity contribution in [2.45, 2.75) is 39.5 Å². The Balaban J connectivity index is 2.73. The van der Waals surface area contributed by atoms with Crippen LogP contribution in [0, 0.1) is 0 Å². The number of Topliss-reactive ketones (excluding diaryl/α,β-unsaturated/α-hetero) is 1. The van der Waals surface area contributed by atoms with Crippen LogP contribution < -0.4 is 4.74 Å². The minimum absolute atomic E-state index is 0.158. The standard InChI is InChI=1S/C14H19BrO2/c1-4-5-12(16)9-17-14-7-6-11(15)8-13(14)10(2)3/h6-8,10H,4-5,9H2,1-3H3. The van der Waals surface area contributed by atoms with Gasteiger partial charge < -0.3 is 4.74 Å². The van der Waals surface area contributed by atoms with E-state index in [1.807, 2.05) is 25.1 Å². The highest BCUT2D eigenvalue weighted by Crippen LogP contribution is 2.29. The van der Waals surface area contributed by atoms with Gasteiger partial charge in [0.1, 0.15) is 12.4 Å². The summed E-state index contributed by atoms with van der Waals surface area (Å²) in [6, 6.07) is 5.90. The van der Waals surface area contributed by atoms with E-state index >= 15 is 0 Å². The average molecular weight is 299 g/mol. The smallest absolute Gasteiger partial charge is 0.170 e. The van der Waals surface area contributed by atoms with Crippen LogP contribution in [0.5, 0.6) is 5.75 Å². The Kier molecular flexibility index (Phi) is 5.69. The van der Waals surface area contributed by atoms with Gasteiger partial charge in [-0.15, -0.1) is 0 Å². The van der Waals surface area contributed by atoms with Crippen LogP contribution in [-0.2, 0) is 4.79 Å². The number of carbonyl (C=O) groups excluding carboxylic acids is 1. The fourth-order valence-corrected chi connectivity index (χ4v) is 1.99. The zero-order valence-electron chi connectivity index (χ0n) is 10.6. The summed E-state index contributed by atoms with van der Waals surface area (Å²) in [6.45, 7) is 6.40. The third-order valence-corrected chi connectivity index (χ3v) is 3.00. The Morgan fingerprint density at radius 1 is 1.41 bits per heavy atom. The molecule has 0 spiro atoms. The summed E-state index contributed by atoms with van der Waals surface area (Å²) in [6.07, 6.45) is 1.47. The first-order valence-electron chi connectivity index (χ1n) is 5.98. The summed E-state index contributed by atoms with van der Waals surface area (Å²) in [7, 11) is 0. The van der Waals surface area contributed by atoms with E-state index in [0.29, 0.717) is 12.3 Å². The lowest BCUT2D eigenvalue weighted by Gasteiger charge is -2.14. The highest BCUT2D eigenvalue weighted by atomic mass is 79.9. The molecule has 3 heteroatoms. The van der Waals surface area contributed by atoms with Gasteiger partial charge in [-0.1, -0.05) is 36.7 Å².